The number of aliphatic carboxylic acids is 1. The van der Waals surface area contributed by atoms with Crippen molar-refractivity contribution in [3.8, 4) is 5.75 Å². The van der Waals surface area contributed by atoms with Crippen molar-refractivity contribution in [1.29, 1.82) is 0 Å². The first-order chi connectivity index (χ1) is 12.3. The van der Waals surface area contributed by atoms with E-state index < -0.39 is 17.5 Å². The van der Waals surface area contributed by atoms with Crippen molar-refractivity contribution in [2.45, 2.75) is 33.1 Å². The lowest BCUT2D eigenvalue weighted by Crippen LogP contribution is -2.41. The number of fused-ring (bicyclic) bond motifs is 1. The lowest BCUT2D eigenvalue weighted by atomic mass is 9.96. The van der Waals surface area contributed by atoms with Gasteiger partial charge in [0.1, 0.15) is 11.3 Å². The minimum atomic E-state index is -0.832. The smallest absolute Gasteiger partial charge is 0.340 e. The third-order valence-electron chi connectivity index (χ3n) is 5.20. The number of aromatic hydroxyl groups is 1. The van der Waals surface area contributed by atoms with Crippen LogP contribution in [-0.2, 0) is 16.0 Å². The third kappa shape index (κ3) is 3.16. The fourth-order valence-corrected chi connectivity index (χ4v) is 3.42. The van der Waals surface area contributed by atoms with Crippen molar-refractivity contribution < 1.29 is 24.2 Å². The molecule has 1 fully saturated rings. The van der Waals surface area contributed by atoms with Gasteiger partial charge in [-0.15, -0.1) is 0 Å². The van der Waals surface area contributed by atoms with Crippen LogP contribution in [-0.4, -0.2) is 40.1 Å². The van der Waals surface area contributed by atoms with Crippen LogP contribution in [0.5, 0.6) is 5.75 Å². The second-order valence-corrected chi connectivity index (χ2v) is 6.75. The summed E-state index contributed by atoms with van der Waals surface area (Å²) in [6, 6.07) is 3.20. The Balaban J connectivity index is 1.85. The molecule has 26 heavy (non-hydrogen) atoms. The van der Waals surface area contributed by atoms with E-state index in [1.165, 1.54) is 6.07 Å². The Kier molecular flexibility index (Phi) is 4.71. The van der Waals surface area contributed by atoms with Gasteiger partial charge in [-0.3, -0.25) is 9.59 Å². The number of carbonyl (C=O) groups excluding carboxylic acids is 1. The van der Waals surface area contributed by atoms with Gasteiger partial charge in [-0.1, -0.05) is 0 Å². The number of carboxylic acids is 1. The topological polar surface area (TPSA) is 108 Å². The average Bonchev–Trinajstić information content (AvgIpc) is 2.62. The summed E-state index contributed by atoms with van der Waals surface area (Å²) in [7, 11) is 0. The molecule has 1 saturated heterocycles. The van der Waals surface area contributed by atoms with Gasteiger partial charge in [-0.2, -0.15) is 0 Å². The summed E-state index contributed by atoms with van der Waals surface area (Å²) in [5, 5.41) is 19.5. The van der Waals surface area contributed by atoms with Gasteiger partial charge in [0.15, 0.2) is 0 Å². The van der Waals surface area contributed by atoms with Crippen molar-refractivity contribution >= 4 is 22.8 Å². The number of hydrogen-bond acceptors (Lipinski definition) is 5. The van der Waals surface area contributed by atoms with Gasteiger partial charge >= 0.3 is 11.6 Å². The van der Waals surface area contributed by atoms with Crippen LogP contribution in [0.1, 0.15) is 29.5 Å². The number of likely N-dealkylation sites (tertiary alicyclic amines) is 1. The molecular weight excluding hydrogens is 338 g/mol. The molecule has 0 aliphatic carbocycles. The summed E-state index contributed by atoms with van der Waals surface area (Å²) < 4.78 is 5.36. The highest BCUT2D eigenvalue weighted by molar-refractivity contribution is 5.87. The second kappa shape index (κ2) is 6.82. The summed E-state index contributed by atoms with van der Waals surface area (Å²) in [6.45, 7) is 4.17. The molecule has 1 aliphatic heterocycles. The number of carbonyl (C=O) groups is 2. The first-order valence-electron chi connectivity index (χ1n) is 8.55. The van der Waals surface area contributed by atoms with Gasteiger partial charge in [0.25, 0.3) is 0 Å². The fourth-order valence-electron chi connectivity index (χ4n) is 3.42. The van der Waals surface area contributed by atoms with E-state index in [1.54, 1.807) is 24.8 Å². The standard InChI is InChI=1S/C19H21NO6/c1-10-13-3-4-15(21)11(2)17(13)26-19(25)14(10)9-16(22)20-7-5-12(6-8-20)18(23)24/h3-4,12,21H,5-9H2,1-2H3,(H,23,24). The summed E-state index contributed by atoms with van der Waals surface area (Å²) in [4.78, 5) is 37.6. The number of piperidine rings is 1. The Morgan fingerprint density at radius 3 is 2.46 bits per heavy atom. The van der Waals surface area contributed by atoms with E-state index in [-0.39, 0.29) is 18.1 Å². The van der Waals surface area contributed by atoms with Crippen molar-refractivity contribution in [3.63, 3.8) is 0 Å². The van der Waals surface area contributed by atoms with Gasteiger partial charge in [0.2, 0.25) is 5.91 Å². The molecule has 1 amide bonds. The summed E-state index contributed by atoms with van der Waals surface area (Å²) >= 11 is 0. The van der Waals surface area contributed by atoms with Crippen LogP contribution in [0.3, 0.4) is 0 Å². The van der Waals surface area contributed by atoms with E-state index in [9.17, 15) is 19.5 Å². The molecule has 0 saturated carbocycles. The van der Waals surface area contributed by atoms with E-state index in [2.05, 4.69) is 0 Å². The van der Waals surface area contributed by atoms with E-state index in [4.69, 9.17) is 9.52 Å². The molecule has 2 aromatic rings. The number of amides is 1. The number of aryl methyl sites for hydroxylation is 2. The highest BCUT2D eigenvalue weighted by Gasteiger charge is 2.28. The predicted octanol–water partition coefficient (Wildman–Crippen LogP) is 1.98. The first-order valence-corrected chi connectivity index (χ1v) is 8.55. The largest absolute Gasteiger partial charge is 0.508 e. The molecule has 0 radical (unpaired) electrons. The quantitative estimate of drug-likeness (QED) is 0.811. The highest BCUT2D eigenvalue weighted by Crippen LogP contribution is 2.28. The summed E-state index contributed by atoms with van der Waals surface area (Å²) in [5.41, 5.74) is 1.18. The molecule has 1 aromatic carbocycles. The van der Waals surface area contributed by atoms with E-state index in [0.717, 1.165) is 0 Å². The Morgan fingerprint density at radius 2 is 1.85 bits per heavy atom. The SMILES string of the molecule is Cc1c(CC(=O)N2CCC(C(=O)O)CC2)c(=O)oc2c(C)c(O)ccc12. The molecule has 1 aromatic heterocycles. The zero-order valence-corrected chi connectivity index (χ0v) is 14.7. The molecule has 0 spiro atoms. The Labute approximate surface area is 149 Å². The maximum absolute atomic E-state index is 12.6. The average molecular weight is 359 g/mol. The van der Waals surface area contributed by atoms with Crippen LogP contribution in [0.15, 0.2) is 21.3 Å². The number of phenolic OH excluding ortho intramolecular Hbond substituents is 1. The normalized spacial score (nSPS) is 15.4. The Bertz CT molecular complexity index is 937. The molecule has 1 aliphatic rings. The third-order valence-corrected chi connectivity index (χ3v) is 5.20. The van der Waals surface area contributed by atoms with Crippen molar-refractivity contribution in [2.24, 2.45) is 5.92 Å². The minimum Gasteiger partial charge on any atom is -0.508 e. The number of benzene rings is 1. The molecule has 138 valence electrons. The van der Waals surface area contributed by atoms with Crippen LogP contribution in [0.2, 0.25) is 0 Å². The van der Waals surface area contributed by atoms with Crippen LogP contribution < -0.4 is 5.63 Å². The highest BCUT2D eigenvalue weighted by atomic mass is 16.4. The molecule has 7 nitrogen and oxygen atoms in total. The van der Waals surface area contributed by atoms with Crippen LogP contribution in [0, 0.1) is 19.8 Å². The van der Waals surface area contributed by atoms with Crippen molar-refractivity contribution in [1.82, 2.24) is 4.90 Å². The van der Waals surface area contributed by atoms with Crippen LogP contribution in [0.4, 0.5) is 0 Å². The van der Waals surface area contributed by atoms with Crippen LogP contribution >= 0.6 is 0 Å². The van der Waals surface area contributed by atoms with Crippen molar-refractivity contribution in [2.75, 3.05) is 13.1 Å². The van der Waals surface area contributed by atoms with Gasteiger partial charge in [0, 0.05) is 24.0 Å². The number of rotatable bonds is 3. The summed E-state index contributed by atoms with van der Waals surface area (Å²) in [5.74, 6) is -1.41. The van der Waals surface area contributed by atoms with E-state index >= 15 is 0 Å². The summed E-state index contributed by atoms with van der Waals surface area (Å²) in [6.07, 6.45) is 0.761. The maximum atomic E-state index is 12.6. The lowest BCUT2D eigenvalue weighted by Gasteiger charge is -2.30. The monoisotopic (exact) mass is 359 g/mol. The van der Waals surface area contributed by atoms with Gasteiger partial charge in [-0.05, 0) is 44.4 Å². The minimum absolute atomic E-state index is 0.0465. The zero-order valence-electron chi connectivity index (χ0n) is 14.7. The second-order valence-electron chi connectivity index (χ2n) is 6.75. The van der Waals surface area contributed by atoms with Gasteiger partial charge in [0.05, 0.1) is 17.9 Å². The molecule has 0 unspecified atom stereocenters. The molecule has 0 bridgehead atoms. The fraction of sp³-hybridized carbons (Fsp3) is 0.421. The first kappa shape index (κ1) is 18.0. The van der Waals surface area contributed by atoms with Gasteiger partial charge in [-0.25, -0.2) is 4.79 Å². The molecule has 0 atom stereocenters. The van der Waals surface area contributed by atoms with Crippen LogP contribution in [0.25, 0.3) is 11.0 Å². The number of phenols is 1. The number of nitrogens with zero attached hydrogens (tertiary/aromatic N) is 1. The maximum Gasteiger partial charge on any atom is 0.340 e. The van der Waals surface area contributed by atoms with E-state index in [0.29, 0.717) is 53.6 Å². The van der Waals surface area contributed by atoms with E-state index in [1.807, 2.05) is 0 Å². The van der Waals surface area contributed by atoms with Crippen molar-refractivity contribution in [3.05, 3.63) is 39.2 Å². The molecule has 7 heteroatoms. The Morgan fingerprint density at radius 1 is 1.19 bits per heavy atom. The Hall–Kier alpha value is -2.83. The predicted molar refractivity (Wildman–Crippen MR) is 94.3 cm³/mol. The number of hydrogen-bond donors (Lipinski definition) is 2. The van der Waals surface area contributed by atoms with Gasteiger partial charge < -0.3 is 19.5 Å². The molecule has 3 rings (SSSR count). The molecule has 2 heterocycles. The number of carboxylic acid groups (broad SMARTS) is 1. The lowest BCUT2D eigenvalue weighted by molar-refractivity contribution is -0.145. The molecule has 2 N–H and O–H groups in total. The zero-order chi connectivity index (χ0) is 19.0. The molecular formula is C19H21NO6.